The molecule has 0 aliphatic heterocycles. The van der Waals surface area contributed by atoms with E-state index in [0.717, 1.165) is 9.86 Å². The van der Waals surface area contributed by atoms with Crippen molar-refractivity contribution in [2.45, 2.75) is 18.2 Å². The predicted molar refractivity (Wildman–Crippen MR) is 70.2 cm³/mol. The average Bonchev–Trinajstić information content (AvgIpc) is 2.68. The van der Waals surface area contributed by atoms with Crippen molar-refractivity contribution in [2.24, 2.45) is 5.92 Å². The molecular formula is C12H13NOS2. The van der Waals surface area contributed by atoms with E-state index in [1.165, 1.54) is 4.70 Å². The zero-order valence-corrected chi connectivity index (χ0v) is 10.9. The second-order valence-electron chi connectivity index (χ2n) is 3.86. The van der Waals surface area contributed by atoms with Crippen LogP contribution in [0.25, 0.3) is 10.2 Å². The van der Waals surface area contributed by atoms with Crippen LogP contribution in [0.5, 0.6) is 0 Å². The summed E-state index contributed by atoms with van der Waals surface area (Å²) >= 11 is 3.19. The van der Waals surface area contributed by atoms with Gasteiger partial charge < -0.3 is 0 Å². The third kappa shape index (κ3) is 2.62. The fourth-order valence-corrected chi connectivity index (χ4v) is 3.35. The highest BCUT2D eigenvalue weighted by atomic mass is 32.2. The molecule has 0 saturated carbocycles. The van der Waals surface area contributed by atoms with E-state index in [-0.39, 0.29) is 11.7 Å². The van der Waals surface area contributed by atoms with E-state index < -0.39 is 0 Å². The molecule has 84 valence electrons. The van der Waals surface area contributed by atoms with Crippen LogP contribution in [0.3, 0.4) is 0 Å². The maximum absolute atomic E-state index is 11.5. The van der Waals surface area contributed by atoms with Gasteiger partial charge in [-0.25, -0.2) is 4.98 Å². The van der Waals surface area contributed by atoms with Crippen LogP contribution >= 0.6 is 23.1 Å². The molecule has 0 aliphatic rings. The Balaban J connectivity index is 2.07. The number of hydrogen-bond acceptors (Lipinski definition) is 4. The topological polar surface area (TPSA) is 30.0 Å². The van der Waals surface area contributed by atoms with Crippen molar-refractivity contribution >= 4 is 39.1 Å². The van der Waals surface area contributed by atoms with Crippen molar-refractivity contribution in [2.75, 3.05) is 5.75 Å². The minimum atomic E-state index is 0.113. The number of benzene rings is 1. The number of fused-ring (bicyclic) bond motifs is 1. The van der Waals surface area contributed by atoms with Crippen LogP contribution in [0.2, 0.25) is 0 Å². The standard InChI is InChI=1S/C12H13NOS2/c1-8(2)10(14)7-15-12-13-9-5-3-4-6-11(9)16-12/h3-6,8H,7H2,1-2H3. The highest BCUT2D eigenvalue weighted by Gasteiger charge is 2.10. The minimum Gasteiger partial charge on any atom is -0.298 e. The van der Waals surface area contributed by atoms with E-state index in [9.17, 15) is 4.79 Å². The van der Waals surface area contributed by atoms with Gasteiger partial charge in [-0.2, -0.15) is 0 Å². The normalized spacial score (nSPS) is 11.2. The molecule has 0 fully saturated rings. The third-order valence-electron chi connectivity index (χ3n) is 2.26. The summed E-state index contributed by atoms with van der Waals surface area (Å²) in [5, 5.41) is 0. The number of thiazole rings is 1. The Morgan fingerprint density at radius 1 is 1.44 bits per heavy atom. The van der Waals surface area contributed by atoms with Gasteiger partial charge in [0.15, 0.2) is 4.34 Å². The Morgan fingerprint density at radius 2 is 2.19 bits per heavy atom. The van der Waals surface area contributed by atoms with Gasteiger partial charge >= 0.3 is 0 Å². The van der Waals surface area contributed by atoms with Crippen LogP contribution in [-0.2, 0) is 4.79 Å². The van der Waals surface area contributed by atoms with Crippen LogP contribution in [-0.4, -0.2) is 16.5 Å². The van der Waals surface area contributed by atoms with Crippen LogP contribution < -0.4 is 0 Å². The summed E-state index contributed by atoms with van der Waals surface area (Å²) in [4.78, 5) is 16.0. The number of para-hydroxylation sites is 1. The lowest BCUT2D eigenvalue weighted by molar-refractivity contribution is -0.119. The van der Waals surface area contributed by atoms with Crippen molar-refractivity contribution in [1.29, 1.82) is 0 Å². The fraction of sp³-hybridized carbons (Fsp3) is 0.333. The number of hydrogen-bond donors (Lipinski definition) is 0. The van der Waals surface area contributed by atoms with E-state index in [0.29, 0.717) is 5.75 Å². The molecule has 2 nitrogen and oxygen atoms in total. The molecule has 0 atom stereocenters. The molecule has 0 saturated heterocycles. The van der Waals surface area contributed by atoms with Gasteiger partial charge in [0, 0.05) is 5.92 Å². The highest BCUT2D eigenvalue weighted by molar-refractivity contribution is 8.01. The molecule has 0 bridgehead atoms. The summed E-state index contributed by atoms with van der Waals surface area (Å²) in [5.41, 5.74) is 1.02. The lowest BCUT2D eigenvalue weighted by atomic mass is 10.1. The molecule has 2 rings (SSSR count). The molecule has 4 heteroatoms. The summed E-state index contributed by atoms with van der Waals surface area (Å²) in [5.74, 6) is 0.920. The van der Waals surface area contributed by atoms with Crippen LogP contribution in [0.4, 0.5) is 0 Å². The van der Waals surface area contributed by atoms with Crippen LogP contribution in [0, 0.1) is 5.92 Å². The van der Waals surface area contributed by atoms with Crippen molar-refractivity contribution in [1.82, 2.24) is 4.98 Å². The van der Waals surface area contributed by atoms with E-state index in [4.69, 9.17) is 0 Å². The maximum atomic E-state index is 11.5. The van der Waals surface area contributed by atoms with E-state index in [1.54, 1.807) is 23.1 Å². The number of carbonyl (C=O) groups excluding carboxylic acids is 1. The van der Waals surface area contributed by atoms with Gasteiger partial charge in [-0.3, -0.25) is 4.79 Å². The summed E-state index contributed by atoms with van der Waals surface area (Å²) in [6.07, 6.45) is 0. The Labute approximate surface area is 103 Å². The predicted octanol–water partition coefficient (Wildman–Crippen LogP) is 3.61. The average molecular weight is 251 g/mol. The van der Waals surface area contributed by atoms with Gasteiger partial charge in [0.05, 0.1) is 16.0 Å². The van der Waals surface area contributed by atoms with Crippen LogP contribution in [0.15, 0.2) is 28.6 Å². The smallest absolute Gasteiger partial charge is 0.151 e. The van der Waals surface area contributed by atoms with Gasteiger partial charge in [-0.1, -0.05) is 37.7 Å². The number of Topliss-reactive ketones (excluding diaryl/α,β-unsaturated/α-hetero) is 1. The molecule has 1 heterocycles. The largest absolute Gasteiger partial charge is 0.298 e. The Morgan fingerprint density at radius 3 is 2.88 bits per heavy atom. The van der Waals surface area contributed by atoms with Crippen molar-refractivity contribution in [3.8, 4) is 0 Å². The molecule has 16 heavy (non-hydrogen) atoms. The van der Waals surface area contributed by atoms with Crippen molar-refractivity contribution in [3.05, 3.63) is 24.3 Å². The molecule has 1 aromatic carbocycles. The van der Waals surface area contributed by atoms with Crippen molar-refractivity contribution < 1.29 is 4.79 Å². The summed E-state index contributed by atoms with van der Waals surface area (Å²) in [7, 11) is 0. The van der Waals surface area contributed by atoms with Crippen LogP contribution in [0.1, 0.15) is 13.8 Å². The number of aromatic nitrogens is 1. The molecule has 0 radical (unpaired) electrons. The highest BCUT2D eigenvalue weighted by Crippen LogP contribution is 2.29. The third-order valence-corrected chi connectivity index (χ3v) is 4.46. The lowest BCUT2D eigenvalue weighted by Crippen LogP contribution is -2.09. The molecule has 0 amide bonds. The first-order valence-corrected chi connectivity index (χ1v) is 6.98. The van der Waals surface area contributed by atoms with Gasteiger partial charge in [-0.15, -0.1) is 11.3 Å². The Bertz CT molecular complexity index is 471. The Hall–Kier alpha value is -0.870. The first-order valence-electron chi connectivity index (χ1n) is 5.18. The van der Waals surface area contributed by atoms with Gasteiger partial charge in [0.2, 0.25) is 0 Å². The van der Waals surface area contributed by atoms with Gasteiger partial charge in [0.1, 0.15) is 5.78 Å². The zero-order valence-electron chi connectivity index (χ0n) is 9.27. The van der Waals surface area contributed by atoms with Gasteiger partial charge in [-0.05, 0) is 12.1 Å². The van der Waals surface area contributed by atoms with E-state index in [1.807, 2.05) is 32.0 Å². The zero-order chi connectivity index (χ0) is 11.5. The summed E-state index contributed by atoms with van der Waals surface area (Å²) < 4.78 is 2.16. The summed E-state index contributed by atoms with van der Waals surface area (Å²) in [6, 6.07) is 8.05. The maximum Gasteiger partial charge on any atom is 0.151 e. The Kier molecular flexibility index (Phi) is 3.61. The number of nitrogens with zero attached hydrogens (tertiary/aromatic N) is 1. The first kappa shape index (κ1) is 11.6. The minimum absolute atomic E-state index is 0.113. The molecule has 2 aromatic rings. The first-order chi connectivity index (χ1) is 7.66. The molecule has 1 aromatic heterocycles. The summed E-state index contributed by atoms with van der Waals surface area (Å²) in [6.45, 7) is 3.86. The molecule has 0 spiro atoms. The lowest BCUT2D eigenvalue weighted by Gasteiger charge is -2.00. The number of carbonyl (C=O) groups is 1. The van der Waals surface area contributed by atoms with Crippen molar-refractivity contribution in [3.63, 3.8) is 0 Å². The second-order valence-corrected chi connectivity index (χ2v) is 6.11. The van der Waals surface area contributed by atoms with E-state index >= 15 is 0 Å². The van der Waals surface area contributed by atoms with Gasteiger partial charge in [0.25, 0.3) is 0 Å². The molecule has 0 N–H and O–H groups in total. The number of ketones is 1. The quantitative estimate of drug-likeness (QED) is 0.777. The molecular weight excluding hydrogens is 238 g/mol. The van der Waals surface area contributed by atoms with E-state index in [2.05, 4.69) is 11.1 Å². The monoisotopic (exact) mass is 251 g/mol. The number of rotatable bonds is 4. The fourth-order valence-electron chi connectivity index (χ4n) is 1.21. The second kappa shape index (κ2) is 4.97. The molecule has 0 unspecified atom stereocenters. The number of thioether (sulfide) groups is 1. The SMILES string of the molecule is CC(C)C(=O)CSc1nc2ccccc2s1. The molecule has 0 aliphatic carbocycles.